The van der Waals surface area contributed by atoms with Crippen LogP contribution < -0.4 is 4.90 Å². The largest absolute Gasteiger partial charge is 0.364 e. The van der Waals surface area contributed by atoms with E-state index in [9.17, 15) is 4.79 Å². The van der Waals surface area contributed by atoms with Gasteiger partial charge in [0.1, 0.15) is 0 Å². The van der Waals surface area contributed by atoms with E-state index in [0.717, 1.165) is 18.8 Å². The van der Waals surface area contributed by atoms with Crippen LogP contribution in [0.15, 0.2) is 18.5 Å². The second-order valence-electron chi connectivity index (χ2n) is 5.11. The zero-order chi connectivity index (χ0) is 13.3. The van der Waals surface area contributed by atoms with Crippen LogP contribution >= 0.6 is 0 Å². The van der Waals surface area contributed by atoms with Crippen molar-refractivity contribution in [1.82, 2.24) is 9.88 Å². The maximum atomic E-state index is 11.5. The molecule has 0 radical (unpaired) electrons. The molecule has 2 rings (SSSR count). The summed E-state index contributed by atoms with van der Waals surface area (Å²) in [6.45, 7) is 9.64. The van der Waals surface area contributed by atoms with Crippen molar-refractivity contribution in [2.24, 2.45) is 0 Å². The predicted octanol–water partition coefficient (Wildman–Crippen LogP) is 1.84. The molecule has 1 aliphatic heterocycles. The van der Waals surface area contributed by atoms with Crippen molar-refractivity contribution in [2.45, 2.75) is 39.8 Å². The Morgan fingerprint density at radius 2 is 2.00 bits per heavy atom. The van der Waals surface area contributed by atoms with Gasteiger partial charge in [-0.2, -0.15) is 0 Å². The molecule has 4 heteroatoms. The Balaban J connectivity index is 2.20. The lowest BCUT2D eigenvalue weighted by molar-refractivity contribution is -0.131. The molecular weight excluding hydrogens is 226 g/mol. The van der Waals surface area contributed by atoms with Gasteiger partial charge in [0.15, 0.2) is 0 Å². The van der Waals surface area contributed by atoms with E-state index in [2.05, 4.69) is 36.7 Å². The van der Waals surface area contributed by atoms with Gasteiger partial charge < -0.3 is 9.80 Å². The van der Waals surface area contributed by atoms with Gasteiger partial charge in [0.05, 0.1) is 11.9 Å². The highest BCUT2D eigenvalue weighted by Gasteiger charge is 2.32. The highest BCUT2D eigenvalue weighted by Crippen LogP contribution is 2.24. The Bertz CT molecular complexity index is 446. The van der Waals surface area contributed by atoms with E-state index >= 15 is 0 Å². The minimum atomic E-state index is 0.163. The maximum Gasteiger partial charge on any atom is 0.219 e. The minimum Gasteiger partial charge on any atom is -0.364 e. The van der Waals surface area contributed by atoms with Crippen molar-refractivity contribution in [1.29, 1.82) is 0 Å². The Hall–Kier alpha value is -1.58. The summed E-state index contributed by atoms with van der Waals surface area (Å²) in [5, 5.41) is 0. The molecule has 0 spiro atoms. The van der Waals surface area contributed by atoms with E-state index in [4.69, 9.17) is 0 Å². The van der Waals surface area contributed by atoms with Gasteiger partial charge in [0.2, 0.25) is 5.91 Å². The topological polar surface area (TPSA) is 36.4 Å². The molecule has 1 amide bonds. The number of aromatic nitrogens is 1. The Kier molecular flexibility index (Phi) is 3.55. The lowest BCUT2D eigenvalue weighted by Gasteiger charge is -2.45. The highest BCUT2D eigenvalue weighted by molar-refractivity contribution is 5.74. The van der Waals surface area contributed by atoms with E-state index in [1.807, 2.05) is 17.3 Å². The summed E-state index contributed by atoms with van der Waals surface area (Å²) >= 11 is 0. The summed E-state index contributed by atoms with van der Waals surface area (Å²) in [5.74, 6) is 0.163. The first-order chi connectivity index (χ1) is 8.50. The highest BCUT2D eigenvalue weighted by atomic mass is 16.2. The summed E-state index contributed by atoms with van der Waals surface area (Å²) in [7, 11) is 0. The number of hydrogen-bond donors (Lipinski definition) is 0. The Morgan fingerprint density at radius 1 is 1.28 bits per heavy atom. The molecule has 1 aliphatic rings. The fraction of sp³-hybridized carbons (Fsp3) is 0.571. The van der Waals surface area contributed by atoms with E-state index in [1.165, 1.54) is 5.56 Å². The van der Waals surface area contributed by atoms with Crippen LogP contribution in [0.5, 0.6) is 0 Å². The minimum absolute atomic E-state index is 0.163. The first kappa shape index (κ1) is 12.9. The molecule has 1 saturated heterocycles. The summed E-state index contributed by atoms with van der Waals surface area (Å²) in [4.78, 5) is 20.1. The van der Waals surface area contributed by atoms with Crippen molar-refractivity contribution in [2.75, 3.05) is 18.0 Å². The average molecular weight is 247 g/mol. The summed E-state index contributed by atoms with van der Waals surface area (Å²) in [6.07, 6.45) is 3.77. The molecule has 0 N–H and O–H groups in total. The van der Waals surface area contributed by atoms with Gasteiger partial charge in [-0.3, -0.25) is 9.78 Å². The molecule has 2 atom stereocenters. The van der Waals surface area contributed by atoms with E-state index in [1.54, 1.807) is 6.92 Å². The summed E-state index contributed by atoms with van der Waals surface area (Å²) in [5.41, 5.74) is 2.32. The number of rotatable bonds is 1. The lowest BCUT2D eigenvalue weighted by Crippen LogP contribution is -2.58. The fourth-order valence-corrected chi connectivity index (χ4v) is 2.65. The molecular formula is C14H21N3O. The van der Waals surface area contributed by atoms with Gasteiger partial charge >= 0.3 is 0 Å². The molecule has 2 heterocycles. The van der Waals surface area contributed by atoms with Gasteiger partial charge in [-0.15, -0.1) is 0 Å². The summed E-state index contributed by atoms with van der Waals surface area (Å²) in [6, 6.07) is 2.70. The van der Waals surface area contributed by atoms with E-state index in [0.29, 0.717) is 6.04 Å². The molecule has 1 aromatic rings. The van der Waals surface area contributed by atoms with Crippen LogP contribution in [0.1, 0.15) is 26.3 Å². The predicted molar refractivity (Wildman–Crippen MR) is 72.6 cm³/mol. The average Bonchev–Trinajstić information content (AvgIpc) is 2.32. The standard InChI is InChI=1S/C14H21N3O/c1-10-7-14(9-15-8-10)17-6-5-16(13(4)18)11(2)12(17)3/h7-9,11-12H,5-6H2,1-4H3. The quantitative estimate of drug-likeness (QED) is 0.759. The van der Waals surface area contributed by atoms with Crippen molar-refractivity contribution in [3.63, 3.8) is 0 Å². The van der Waals surface area contributed by atoms with Gasteiger partial charge in [-0.05, 0) is 32.4 Å². The van der Waals surface area contributed by atoms with Crippen molar-refractivity contribution in [3.8, 4) is 0 Å². The van der Waals surface area contributed by atoms with E-state index in [-0.39, 0.29) is 11.9 Å². The van der Waals surface area contributed by atoms with Crippen molar-refractivity contribution in [3.05, 3.63) is 24.0 Å². The third-order valence-electron chi connectivity index (χ3n) is 3.86. The molecule has 2 unspecified atom stereocenters. The summed E-state index contributed by atoms with van der Waals surface area (Å²) < 4.78 is 0. The Labute approximate surface area is 109 Å². The van der Waals surface area contributed by atoms with Crippen LogP contribution in [-0.2, 0) is 4.79 Å². The van der Waals surface area contributed by atoms with Crippen LogP contribution in [0.3, 0.4) is 0 Å². The number of piperazine rings is 1. The van der Waals surface area contributed by atoms with Gasteiger partial charge in [0.25, 0.3) is 0 Å². The van der Waals surface area contributed by atoms with Gasteiger partial charge in [-0.25, -0.2) is 0 Å². The van der Waals surface area contributed by atoms with Crippen molar-refractivity contribution < 1.29 is 4.79 Å². The van der Waals surface area contributed by atoms with Crippen LogP contribution in [0.25, 0.3) is 0 Å². The number of amides is 1. The normalized spacial score (nSPS) is 24.2. The molecule has 0 bridgehead atoms. The van der Waals surface area contributed by atoms with Crippen LogP contribution in [0.4, 0.5) is 5.69 Å². The first-order valence-electron chi connectivity index (χ1n) is 6.46. The zero-order valence-corrected chi connectivity index (χ0v) is 11.6. The van der Waals surface area contributed by atoms with E-state index < -0.39 is 0 Å². The second kappa shape index (κ2) is 4.96. The van der Waals surface area contributed by atoms with Gasteiger partial charge in [-0.1, -0.05) is 0 Å². The second-order valence-corrected chi connectivity index (χ2v) is 5.11. The smallest absolute Gasteiger partial charge is 0.219 e. The lowest BCUT2D eigenvalue weighted by atomic mass is 10.0. The number of hydrogen-bond acceptors (Lipinski definition) is 3. The molecule has 4 nitrogen and oxygen atoms in total. The SMILES string of the molecule is CC(=O)N1CCN(c2cncc(C)c2)C(C)C1C. The first-order valence-corrected chi connectivity index (χ1v) is 6.46. The molecule has 18 heavy (non-hydrogen) atoms. The Morgan fingerprint density at radius 3 is 2.61 bits per heavy atom. The fourth-order valence-electron chi connectivity index (χ4n) is 2.65. The zero-order valence-electron chi connectivity index (χ0n) is 11.6. The van der Waals surface area contributed by atoms with Crippen LogP contribution in [0.2, 0.25) is 0 Å². The molecule has 0 saturated carbocycles. The number of carbonyl (C=O) groups excluding carboxylic acids is 1. The number of anilines is 1. The maximum absolute atomic E-state index is 11.5. The third-order valence-corrected chi connectivity index (χ3v) is 3.86. The van der Waals surface area contributed by atoms with Crippen molar-refractivity contribution >= 4 is 11.6 Å². The molecule has 1 fully saturated rings. The van der Waals surface area contributed by atoms with Crippen LogP contribution in [-0.4, -0.2) is 41.0 Å². The number of aryl methyl sites for hydroxylation is 1. The third kappa shape index (κ3) is 2.33. The van der Waals surface area contributed by atoms with Crippen LogP contribution in [0, 0.1) is 6.92 Å². The monoisotopic (exact) mass is 247 g/mol. The van der Waals surface area contributed by atoms with Gasteiger partial charge in [0, 0.05) is 38.3 Å². The number of nitrogens with zero attached hydrogens (tertiary/aromatic N) is 3. The molecule has 0 aromatic carbocycles. The number of pyridine rings is 1. The number of carbonyl (C=O) groups is 1. The molecule has 0 aliphatic carbocycles. The molecule has 1 aromatic heterocycles. The molecule has 98 valence electrons.